The fourth-order valence-electron chi connectivity index (χ4n) is 1.04. The minimum absolute atomic E-state index is 0.238. The van der Waals surface area contributed by atoms with E-state index in [1.54, 1.807) is 19.3 Å². The van der Waals surface area contributed by atoms with Gasteiger partial charge in [-0.1, -0.05) is 5.16 Å². The summed E-state index contributed by atoms with van der Waals surface area (Å²) in [6, 6.07) is 3.39. The zero-order valence-electron chi connectivity index (χ0n) is 7.71. The molecule has 0 unspecified atom stereocenters. The second-order valence-corrected chi connectivity index (χ2v) is 2.98. The van der Waals surface area contributed by atoms with Crippen molar-refractivity contribution in [3.8, 4) is 11.4 Å². The molecular weight excluding hydrogens is 180 g/mol. The Labute approximate surface area is 81.0 Å². The van der Waals surface area contributed by atoms with Gasteiger partial charge in [-0.25, -0.2) is 0 Å². The van der Waals surface area contributed by atoms with Crippen molar-refractivity contribution >= 4 is 0 Å². The molecule has 0 bridgehead atoms. The lowest BCUT2D eigenvalue weighted by molar-refractivity contribution is 0.362. The minimum atomic E-state index is -0.238. The van der Waals surface area contributed by atoms with Crippen LogP contribution in [0.5, 0.6) is 0 Å². The Hall–Kier alpha value is -1.75. The van der Waals surface area contributed by atoms with Crippen molar-refractivity contribution in [3.63, 3.8) is 0 Å². The van der Waals surface area contributed by atoms with Crippen LogP contribution >= 0.6 is 0 Å². The Bertz CT molecular complexity index is 410. The van der Waals surface area contributed by atoms with E-state index in [1.165, 1.54) is 0 Å². The highest BCUT2D eigenvalue weighted by Gasteiger charge is 2.10. The SMILES string of the molecule is C[C@@H](N)c1nc(-c2ccncc2)no1. The number of nitrogens with zero attached hydrogens (tertiary/aromatic N) is 3. The molecule has 14 heavy (non-hydrogen) atoms. The molecule has 0 spiro atoms. The van der Waals surface area contributed by atoms with E-state index in [-0.39, 0.29) is 6.04 Å². The van der Waals surface area contributed by atoms with Crippen molar-refractivity contribution in [2.45, 2.75) is 13.0 Å². The summed E-state index contributed by atoms with van der Waals surface area (Å²) in [5.74, 6) is 0.983. The molecular formula is C9H10N4O. The summed E-state index contributed by atoms with van der Waals surface area (Å²) < 4.78 is 4.97. The predicted octanol–water partition coefficient (Wildman–Crippen LogP) is 1.15. The highest BCUT2D eigenvalue weighted by Crippen LogP contribution is 2.16. The van der Waals surface area contributed by atoms with Crippen LogP contribution in [0.4, 0.5) is 0 Å². The number of aromatic nitrogens is 3. The zero-order valence-corrected chi connectivity index (χ0v) is 7.71. The maximum atomic E-state index is 5.60. The highest BCUT2D eigenvalue weighted by atomic mass is 16.5. The van der Waals surface area contributed by atoms with E-state index in [2.05, 4.69) is 15.1 Å². The van der Waals surface area contributed by atoms with E-state index in [4.69, 9.17) is 10.3 Å². The van der Waals surface area contributed by atoms with Gasteiger partial charge >= 0.3 is 0 Å². The first-order valence-electron chi connectivity index (χ1n) is 4.27. The normalized spacial score (nSPS) is 12.7. The minimum Gasteiger partial charge on any atom is -0.337 e. The van der Waals surface area contributed by atoms with Crippen LogP contribution in [0.3, 0.4) is 0 Å². The topological polar surface area (TPSA) is 77.8 Å². The van der Waals surface area contributed by atoms with Crippen LogP contribution in [0.15, 0.2) is 29.0 Å². The Kier molecular flexibility index (Phi) is 2.24. The standard InChI is InChI=1S/C9H10N4O/c1-6(10)9-12-8(13-14-9)7-2-4-11-5-3-7/h2-6H,10H2,1H3/t6-/m1/s1. The summed E-state index contributed by atoms with van der Waals surface area (Å²) in [5.41, 5.74) is 6.47. The van der Waals surface area contributed by atoms with Gasteiger partial charge in [0.05, 0.1) is 6.04 Å². The maximum absolute atomic E-state index is 5.60. The zero-order chi connectivity index (χ0) is 9.97. The van der Waals surface area contributed by atoms with Gasteiger partial charge in [-0.2, -0.15) is 4.98 Å². The van der Waals surface area contributed by atoms with Crippen molar-refractivity contribution in [2.75, 3.05) is 0 Å². The number of hydrogen-bond acceptors (Lipinski definition) is 5. The third-order valence-corrected chi connectivity index (χ3v) is 1.77. The van der Waals surface area contributed by atoms with Crippen LogP contribution in [-0.2, 0) is 0 Å². The number of pyridine rings is 1. The Morgan fingerprint density at radius 1 is 1.36 bits per heavy atom. The number of hydrogen-bond donors (Lipinski definition) is 1. The Balaban J connectivity index is 2.34. The third kappa shape index (κ3) is 1.62. The van der Waals surface area contributed by atoms with E-state index in [0.717, 1.165) is 5.56 Å². The van der Waals surface area contributed by atoms with Crippen molar-refractivity contribution in [1.29, 1.82) is 0 Å². The van der Waals surface area contributed by atoms with Crippen molar-refractivity contribution in [1.82, 2.24) is 15.1 Å². The molecule has 2 aromatic rings. The van der Waals surface area contributed by atoms with Crippen molar-refractivity contribution in [3.05, 3.63) is 30.4 Å². The van der Waals surface area contributed by atoms with Crippen LogP contribution in [0.25, 0.3) is 11.4 Å². The van der Waals surface area contributed by atoms with E-state index >= 15 is 0 Å². The third-order valence-electron chi connectivity index (χ3n) is 1.77. The van der Waals surface area contributed by atoms with E-state index in [9.17, 15) is 0 Å². The van der Waals surface area contributed by atoms with Gasteiger partial charge in [-0.05, 0) is 19.1 Å². The smallest absolute Gasteiger partial charge is 0.243 e. The van der Waals surface area contributed by atoms with Crippen molar-refractivity contribution < 1.29 is 4.52 Å². The van der Waals surface area contributed by atoms with Crippen LogP contribution in [0.2, 0.25) is 0 Å². The summed E-state index contributed by atoms with van der Waals surface area (Å²) in [4.78, 5) is 8.05. The fourth-order valence-corrected chi connectivity index (χ4v) is 1.04. The molecule has 2 rings (SSSR count). The van der Waals surface area contributed by atoms with E-state index in [0.29, 0.717) is 11.7 Å². The van der Waals surface area contributed by atoms with Gasteiger partial charge < -0.3 is 10.3 Å². The first-order chi connectivity index (χ1) is 6.77. The Morgan fingerprint density at radius 2 is 2.07 bits per heavy atom. The molecule has 0 aliphatic heterocycles. The highest BCUT2D eigenvalue weighted by molar-refractivity contribution is 5.52. The predicted molar refractivity (Wildman–Crippen MR) is 50.1 cm³/mol. The van der Waals surface area contributed by atoms with Gasteiger partial charge in [0, 0.05) is 18.0 Å². The van der Waals surface area contributed by atoms with Crippen LogP contribution in [0.1, 0.15) is 18.9 Å². The summed E-state index contributed by atoms with van der Waals surface area (Å²) in [6.07, 6.45) is 3.36. The summed E-state index contributed by atoms with van der Waals surface area (Å²) in [7, 11) is 0. The number of nitrogens with two attached hydrogens (primary N) is 1. The molecule has 72 valence electrons. The lowest BCUT2D eigenvalue weighted by Crippen LogP contribution is -2.04. The van der Waals surface area contributed by atoms with Crippen molar-refractivity contribution in [2.24, 2.45) is 5.73 Å². The van der Waals surface area contributed by atoms with Gasteiger partial charge in [0.1, 0.15) is 0 Å². The van der Waals surface area contributed by atoms with Gasteiger partial charge in [0.2, 0.25) is 11.7 Å². The van der Waals surface area contributed by atoms with Gasteiger partial charge in [0.15, 0.2) is 0 Å². The summed E-state index contributed by atoms with van der Waals surface area (Å²) in [6.45, 7) is 1.80. The molecule has 0 fully saturated rings. The molecule has 0 aliphatic rings. The molecule has 0 aliphatic carbocycles. The average Bonchev–Trinajstić information content (AvgIpc) is 2.68. The molecule has 5 nitrogen and oxygen atoms in total. The lowest BCUT2D eigenvalue weighted by Gasteiger charge is -1.93. The largest absolute Gasteiger partial charge is 0.337 e. The molecule has 0 aromatic carbocycles. The molecule has 0 saturated heterocycles. The van der Waals surface area contributed by atoms with Crippen LogP contribution < -0.4 is 5.73 Å². The van der Waals surface area contributed by atoms with Gasteiger partial charge in [-0.15, -0.1) is 0 Å². The first-order valence-corrected chi connectivity index (χ1v) is 4.27. The lowest BCUT2D eigenvalue weighted by atomic mass is 10.2. The quantitative estimate of drug-likeness (QED) is 0.768. The fraction of sp³-hybridized carbons (Fsp3) is 0.222. The number of rotatable bonds is 2. The molecule has 5 heteroatoms. The first kappa shape index (κ1) is 8.83. The van der Waals surface area contributed by atoms with Crippen LogP contribution in [0, 0.1) is 0 Å². The summed E-state index contributed by atoms with van der Waals surface area (Å²) in [5, 5.41) is 3.81. The second-order valence-electron chi connectivity index (χ2n) is 2.98. The maximum Gasteiger partial charge on any atom is 0.243 e. The molecule has 2 N–H and O–H groups in total. The molecule has 0 saturated carbocycles. The monoisotopic (exact) mass is 190 g/mol. The van der Waals surface area contributed by atoms with E-state index in [1.807, 2.05) is 12.1 Å². The summed E-state index contributed by atoms with van der Waals surface area (Å²) >= 11 is 0. The molecule has 0 radical (unpaired) electrons. The molecule has 2 heterocycles. The van der Waals surface area contributed by atoms with E-state index < -0.39 is 0 Å². The average molecular weight is 190 g/mol. The van der Waals surface area contributed by atoms with Crippen LogP contribution in [-0.4, -0.2) is 15.1 Å². The molecule has 1 atom stereocenters. The molecule has 0 amide bonds. The van der Waals surface area contributed by atoms with Gasteiger partial charge in [-0.3, -0.25) is 4.98 Å². The molecule has 2 aromatic heterocycles. The second kappa shape index (κ2) is 3.55. The van der Waals surface area contributed by atoms with Gasteiger partial charge in [0.25, 0.3) is 0 Å². The Morgan fingerprint density at radius 3 is 2.64 bits per heavy atom.